The van der Waals surface area contributed by atoms with Gasteiger partial charge < -0.3 is 14.6 Å². The zero-order valence-electron chi connectivity index (χ0n) is 20.0. The molecule has 36 heavy (non-hydrogen) atoms. The molecule has 2 heterocycles. The van der Waals surface area contributed by atoms with E-state index in [1.54, 1.807) is 31.4 Å². The number of aliphatic hydroxyl groups excluding tert-OH is 1. The maximum atomic E-state index is 13.4. The van der Waals surface area contributed by atoms with Crippen molar-refractivity contribution in [1.29, 1.82) is 0 Å². The summed E-state index contributed by atoms with van der Waals surface area (Å²) in [4.78, 5) is 32.5. The summed E-state index contributed by atoms with van der Waals surface area (Å²) in [6.45, 7) is 4.18. The molecule has 0 radical (unpaired) electrons. The minimum atomic E-state index is -0.859. The van der Waals surface area contributed by atoms with Crippen molar-refractivity contribution < 1.29 is 24.2 Å². The molecule has 1 aromatic heterocycles. The van der Waals surface area contributed by atoms with E-state index in [-0.39, 0.29) is 11.3 Å². The summed E-state index contributed by atoms with van der Waals surface area (Å²) in [5.41, 5.74) is 1.82. The van der Waals surface area contributed by atoms with E-state index < -0.39 is 17.7 Å². The molecule has 0 spiro atoms. The van der Waals surface area contributed by atoms with Crippen molar-refractivity contribution in [3.63, 3.8) is 0 Å². The first-order chi connectivity index (χ1) is 17.4. The molecule has 1 saturated heterocycles. The van der Waals surface area contributed by atoms with Gasteiger partial charge in [-0.15, -0.1) is 11.3 Å². The van der Waals surface area contributed by atoms with Gasteiger partial charge in [0.25, 0.3) is 5.78 Å². The Balaban J connectivity index is 1.69. The van der Waals surface area contributed by atoms with E-state index in [1.807, 2.05) is 55.6 Å². The number of methoxy groups -OCH3 is 1. The molecule has 4 aromatic rings. The maximum absolute atomic E-state index is 13.4. The fourth-order valence-electron chi connectivity index (χ4n) is 4.39. The molecule has 1 aliphatic rings. The van der Waals surface area contributed by atoms with Crippen molar-refractivity contribution in [1.82, 2.24) is 4.98 Å². The lowest BCUT2D eigenvalue weighted by Crippen LogP contribution is -2.29. The number of nitrogens with zero attached hydrogens (tertiary/aromatic N) is 2. The Morgan fingerprint density at radius 3 is 2.56 bits per heavy atom. The number of fused-ring (bicyclic) bond motifs is 1. The van der Waals surface area contributed by atoms with Gasteiger partial charge in [0.1, 0.15) is 17.3 Å². The number of amides is 1. The van der Waals surface area contributed by atoms with E-state index in [1.165, 1.54) is 16.2 Å². The molecule has 0 aliphatic carbocycles. The van der Waals surface area contributed by atoms with Gasteiger partial charge in [0.05, 0.1) is 31.0 Å². The molecule has 5 rings (SSSR count). The summed E-state index contributed by atoms with van der Waals surface area (Å²) >= 11 is 1.27. The van der Waals surface area contributed by atoms with E-state index in [4.69, 9.17) is 9.47 Å². The quantitative estimate of drug-likeness (QED) is 0.209. The summed E-state index contributed by atoms with van der Waals surface area (Å²) in [7, 11) is 1.60. The molecule has 0 bridgehead atoms. The molecule has 182 valence electrons. The molecular weight excluding hydrogens is 476 g/mol. The number of hydrogen-bond acceptors (Lipinski definition) is 7. The van der Waals surface area contributed by atoms with Gasteiger partial charge in [-0.1, -0.05) is 30.3 Å². The Hall–Kier alpha value is -4.17. The number of ether oxygens (including phenoxy) is 2. The van der Waals surface area contributed by atoms with Gasteiger partial charge in [0.2, 0.25) is 0 Å². The van der Waals surface area contributed by atoms with Gasteiger partial charge in [0, 0.05) is 10.9 Å². The number of ketones is 1. The summed E-state index contributed by atoms with van der Waals surface area (Å²) < 4.78 is 11.0. The predicted octanol–water partition coefficient (Wildman–Crippen LogP) is 5.64. The zero-order valence-corrected chi connectivity index (χ0v) is 20.8. The second kappa shape index (κ2) is 9.47. The van der Waals surface area contributed by atoms with Gasteiger partial charge in [-0.3, -0.25) is 14.5 Å². The molecule has 8 heteroatoms. The normalized spacial score (nSPS) is 17.1. The second-order valence-electron chi connectivity index (χ2n) is 8.37. The number of carbonyl (C=O) groups excluding carboxylic acids is 2. The van der Waals surface area contributed by atoms with Crippen molar-refractivity contribution in [2.24, 2.45) is 0 Å². The number of anilines is 1. The van der Waals surface area contributed by atoms with Crippen LogP contribution in [0.3, 0.4) is 0 Å². The predicted molar refractivity (Wildman–Crippen MR) is 140 cm³/mol. The van der Waals surface area contributed by atoms with Crippen LogP contribution in [0.15, 0.2) is 71.6 Å². The van der Waals surface area contributed by atoms with Crippen LogP contribution >= 0.6 is 11.3 Å². The number of thiazole rings is 1. The van der Waals surface area contributed by atoms with Crippen molar-refractivity contribution in [2.75, 3.05) is 18.6 Å². The average Bonchev–Trinajstić information content (AvgIpc) is 3.43. The zero-order chi connectivity index (χ0) is 25.4. The monoisotopic (exact) mass is 500 g/mol. The molecule has 0 saturated carbocycles. The number of hydrogen-bond donors (Lipinski definition) is 1. The smallest absolute Gasteiger partial charge is 0.301 e. The largest absolute Gasteiger partial charge is 0.507 e. The van der Waals surface area contributed by atoms with Crippen LogP contribution in [0.4, 0.5) is 5.13 Å². The molecule has 1 amide bonds. The van der Waals surface area contributed by atoms with Crippen LogP contribution in [-0.4, -0.2) is 35.5 Å². The summed E-state index contributed by atoms with van der Waals surface area (Å²) in [5.74, 6) is -0.410. The highest BCUT2D eigenvalue weighted by atomic mass is 32.1. The number of aryl methyl sites for hydroxylation is 1. The van der Waals surface area contributed by atoms with Gasteiger partial charge in [-0.2, -0.15) is 0 Å². The van der Waals surface area contributed by atoms with Crippen LogP contribution in [-0.2, 0) is 9.59 Å². The Labute approximate surface area is 212 Å². The molecule has 1 atom stereocenters. The van der Waals surface area contributed by atoms with Crippen molar-refractivity contribution in [3.05, 3.63) is 88.4 Å². The van der Waals surface area contributed by atoms with Crippen LogP contribution in [0.5, 0.6) is 11.5 Å². The standard InChI is InChI=1S/C28H24N2O5S/c1-4-35-22-7-5-6-19(14-22)24-23(26(32)27(33)30(24)28-29-16(2)15-36-28)25(31)20-9-8-18-13-21(34-3)11-10-17(18)12-20/h5-15,24,31H,4H2,1-3H3/b25-23+. The highest BCUT2D eigenvalue weighted by Gasteiger charge is 2.48. The summed E-state index contributed by atoms with van der Waals surface area (Å²) in [5, 5.41) is 15.4. The van der Waals surface area contributed by atoms with Crippen molar-refractivity contribution in [3.8, 4) is 11.5 Å². The van der Waals surface area contributed by atoms with Crippen LogP contribution in [0, 0.1) is 6.92 Å². The van der Waals surface area contributed by atoms with Crippen LogP contribution in [0.25, 0.3) is 16.5 Å². The molecular formula is C28H24N2O5S. The molecule has 1 aliphatic heterocycles. The molecule has 1 unspecified atom stereocenters. The lowest BCUT2D eigenvalue weighted by Gasteiger charge is -2.23. The van der Waals surface area contributed by atoms with Crippen LogP contribution in [0.2, 0.25) is 0 Å². The lowest BCUT2D eigenvalue weighted by atomic mass is 9.94. The number of aliphatic hydroxyl groups is 1. The third-order valence-electron chi connectivity index (χ3n) is 6.06. The van der Waals surface area contributed by atoms with E-state index in [0.29, 0.717) is 28.6 Å². The Morgan fingerprint density at radius 1 is 1.06 bits per heavy atom. The molecule has 1 fully saturated rings. The average molecular weight is 501 g/mol. The number of Topliss-reactive ketones (excluding diaryl/α,β-unsaturated/α-hetero) is 1. The Morgan fingerprint density at radius 2 is 1.83 bits per heavy atom. The lowest BCUT2D eigenvalue weighted by molar-refractivity contribution is -0.132. The maximum Gasteiger partial charge on any atom is 0.301 e. The Bertz CT molecular complexity index is 1520. The van der Waals surface area contributed by atoms with Crippen LogP contribution < -0.4 is 14.4 Å². The van der Waals surface area contributed by atoms with Gasteiger partial charge >= 0.3 is 5.91 Å². The molecule has 3 aromatic carbocycles. The Kier molecular flexibility index (Phi) is 6.20. The number of aromatic nitrogens is 1. The topological polar surface area (TPSA) is 89.0 Å². The minimum absolute atomic E-state index is 0.00867. The first-order valence-corrected chi connectivity index (χ1v) is 12.3. The van der Waals surface area contributed by atoms with Crippen LogP contribution in [0.1, 0.15) is 29.8 Å². The summed E-state index contributed by atoms with van der Waals surface area (Å²) in [6, 6.07) is 17.3. The third kappa shape index (κ3) is 4.09. The van der Waals surface area contributed by atoms with E-state index in [2.05, 4.69) is 4.98 Å². The second-order valence-corrected chi connectivity index (χ2v) is 9.21. The van der Waals surface area contributed by atoms with Gasteiger partial charge in [-0.05, 0) is 60.5 Å². The fraction of sp³-hybridized carbons (Fsp3) is 0.179. The van der Waals surface area contributed by atoms with E-state index in [9.17, 15) is 14.7 Å². The molecule has 1 N–H and O–H groups in total. The number of benzene rings is 3. The fourth-order valence-corrected chi connectivity index (χ4v) is 5.22. The van der Waals surface area contributed by atoms with E-state index >= 15 is 0 Å². The molecule has 7 nitrogen and oxygen atoms in total. The third-order valence-corrected chi connectivity index (χ3v) is 7.02. The van der Waals surface area contributed by atoms with Crippen molar-refractivity contribution >= 4 is 44.7 Å². The summed E-state index contributed by atoms with van der Waals surface area (Å²) in [6.07, 6.45) is 0. The first kappa shape index (κ1) is 23.6. The number of rotatable bonds is 6. The minimum Gasteiger partial charge on any atom is -0.507 e. The SMILES string of the molecule is CCOc1cccc(C2/C(=C(\O)c3ccc4cc(OC)ccc4c3)C(=O)C(=O)N2c2nc(C)cs2)c1. The highest BCUT2D eigenvalue weighted by molar-refractivity contribution is 7.14. The number of carbonyl (C=O) groups is 2. The van der Waals surface area contributed by atoms with Gasteiger partial charge in [0.15, 0.2) is 5.13 Å². The highest BCUT2D eigenvalue weighted by Crippen LogP contribution is 2.43. The van der Waals surface area contributed by atoms with Gasteiger partial charge in [-0.25, -0.2) is 4.98 Å². The first-order valence-electron chi connectivity index (χ1n) is 11.5. The van der Waals surface area contributed by atoms with E-state index in [0.717, 1.165) is 22.2 Å². The van der Waals surface area contributed by atoms with Crippen molar-refractivity contribution in [2.45, 2.75) is 19.9 Å².